The Bertz CT molecular complexity index is 255. The van der Waals surface area contributed by atoms with Crippen molar-refractivity contribution < 1.29 is 0 Å². The minimum absolute atomic E-state index is 0.722. The zero-order valence-electron chi connectivity index (χ0n) is 8.04. The van der Waals surface area contributed by atoms with Crippen molar-refractivity contribution in [3.63, 3.8) is 0 Å². The molecule has 0 fully saturated rings. The Morgan fingerprint density at radius 2 is 1.08 bits per heavy atom. The predicted octanol–water partition coefficient (Wildman–Crippen LogP) is -0.742. The van der Waals surface area contributed by atoms with Crippen LogP contribution in [0.1, 0.15) is 0 Å². The van der Waals surface area contributed by atoms with E-state index in [1.54, 1.807) is 16.5 Å². The Labute approximate surface area is 110 Å². The second-order valence-corrected chi connectivity index (χ2v) is 11.2. The Kier molecular flexibility index (Phi) is 6.30. The topological polar surface area (TPSA) is 0 Å². The molecule has 1 heterocycles. The molecule has 0 aliphatic carbocycles. The number of rotatable bonds is 4. The van der Waals surface area contributed by atoms with Crippen LogP contribution in [0.5, 0.6) is 0 Å². The summed E-state index contributed by atoms with van der Waals surface area (Å²) < 4.78 is 7.04. The van der Waals surface area contributed by atoms with Gasteiger partial charge in [-0.05, 0) is 0 Å². The summed E-state index contributed by atoms with van der Waals surface area (Å²) >= 11 is 5.01. The minimum atomic E-state index is 0.722. The van der Waals surface area contributed by atoms with Gasteiger partial charge in [0.15, 0.2) is 0 Å². The first-order valence-electron chi connectivity index (χ1n) is 3.61. The van der Waals surface area contributed by atoms with Crippen molar-refractivity contribution in [1.29, 1.82) is 0 Å². The van der Waals surface area contributed by atoms with E-state index in [0.717, 1.165) is 59.8 Å². The molecule has 1 rings (SSSR count). The number of thiophene rings is 1. The number of hydrogen-bond donors (Lipinski definition) is 0. The van der Waals surface area contributed by atoms with Crippen LogP contribution in [0.3, 0.4) is 0 Å². The Balaban J connectivity index is 3.17. The van der Waals surface area contributed by atoms with Crippen molar-refractivity contribution in [3.8, 4) is 0 Å². The summed E-state index contributed by atoms with van der Waals surface area (Å²) in [6.07, 6.45) is 0. The van der Waals surface area contributed by atoms with E-state index >= 15 is 0 Å². The van der Waals surface area contributed by atoms with Gasteiger partial charge in [0.2, 0.25) is 0 Å². The fourth-order valence-corrected chi connectivity index (χ4v) is 15.5. The van der Waals surface area contributed by atoms with Crippen molar-refractivity contribution in [1.82, 2.24) is 0 Å². The van der Waals surface area contributed by atoms with Gasteiger partial charge in [0, 0.05) is 0 Å². The van der Waals surface area contributed by atoms with E-state index in [0.29, 0.717) is 0 Å². The second-order valence-electron chi connectivity index (χ2n) is 2.15. The first-order chi connectivity index (χ1) is 6.28. The molecule has 0 radical (unpaired) electrons. The molecule has 5 heteroatoms. The zero-order valence-corrected chi connectivity index (χ0v) is 15.7. The van der Waals surface area contributed by atoms with Crippen molar-refractivity contribution in [2.24, 2.45) is 0 Å². The molecule has 0 spiro atoms. The molecular weight excluding hydrogens is 444 g/mol. The van der Waals surface area contributed by atoms with Crippen molar-refractivity contribution in [2.75, 3.05) is 0 Å². The molecule has 0 aromatic carbocycles. The third-order valence-electron chi connectivity index (χ3n) is 1.54. The van der Waals surface area contributed by atoms with E-state index in [-0.39, 0.29) is 0 Å². The monoisotopic (exact) mass is 460 g/mol. The first kappa shape index (κ1) is 12.8. The molecule has 0 bridgehead atoms. The molecule has 0 saturated carbocycles. The molecule has 0 saturated heterocycles. The maximum absolute atomic E-state index is 2.37. The molecular formula is C8H12SSe4. The quantitative estimate of drug-likeness (QED) is 0.525. The van der Waals surface area contributed by atoms with Crippen molar-refractivity contribution in [2.45, 2.75) is 23.3 Å². The van der Waals surface area contributed by atoms with Crippen LogP contribution in [0.15, 0.2) is 0 Å². The van der Waals surface area contributed by atoms with E-state index in [1.807, 2.05) is 0 Å². The van der Waals surface area contributed by atoms with Crippen LogP contribution < -0.4 is 16.5 Å². The van der Waals surface area contributed by atoms with Crippen LogP contribution in [-0.4, -0.2) is 59.8 Å². The molecule has 1 aromatic heterocycles. The summed E-state index contributed by atoms with van der Waals surface area (Å²) in [6, 6.07) is 0. The molecule has 74 valence electrons. The number of hydrogen-bond acceptors (Lipinski definition) is 1. The molecule has 0 aliphatic heterocycles. The van der Waals surface area contributed by atoms with Gasteiger partial charge in [-0.1, -0.05) is 0 Å². The molecule has 1 aromatic rings. The molecule has 0 aliphatic rings. The maximum atomic E-state index is 2.37. The van der Waals surface area contributed by atoms with Gasteiger partial charge < -0.3 is 0 Å². The summed E-state index contributed by atoms with van der Waals surface area (Å²) in [6.45, 7) is 0. The van der Waals surface area contributed by atoms with E-state index in [4.69, 9.17) is 0 Å². The van der Waals surface area contributed by atoms with Crippen LogP contribution in [0.2, 0.25) is 23.3 Å². The molecule has 0 amide bonds. The fraction of sp³-hybridized carbons (Fsp3) is 0.500. The average molecular weight is 456 g/mol. The van der Waals surface area contributed by atoms with Crippen LogP contribution in [0.4, 0.5) is 0 Å². The summed E-state index contributed by atoms with van der Waals surface area (Å²) in [5.74, 6) is 9.44. The predicted molar refractivity (Wildman–Crippen MR) is 69.3 cm³/mol. The molecule has 0 N–H and O–H groups in total. The Hall–Kier alpha value is 1.78. The Morgan fingerprint density at radius 1 is 0.692 bits per heavy atom. The van der Waals surface area contributed by atoms with Gasteiger partial charge in [-0.2, -0.15) is 0 Å². The Morgan fingerprint density at radius 3 is 1.31 bits per heavy atom. The molecule has 0 nitrogen and oxygen atoms in total. The first-order valence-corrected chi connectivity index (χ1v) is 14.7. The SMILES string of the molecule is C[Se]c1sc([Se]C)c([Se]C)c1[Se]C. The van der Waals surface area contributed by atoms with Gasteiger partial charge in [-0.15, -0.1) is 0 Å². The molecule has 0 unspecified atom stereocenters. The van der Waals surface area contributed by atoms with Crippen LogP contribution in [-0.2, 0) is 0 Å². The van der Waals surface area contributed by atoms with Gasteiger partial charge in [-0.25, -0.2) is 0 Å². The van der Waals surface area contributed by atoms with Gasteiger partial charge in [0.05, 0.1) is 0 Å². The summed E-state index contributed by atoms with van der Waals surface area (Å²) in [5.41, 5.74) is 0. The summed E-state index contributed by atoms with van der Waals surface area (Å²) in [5, 5.41) is 0. The van der Waals surface area contributed by atoms with Crippen molar-refractivity contribution >= 4 is 87.6 Å². The molecule has 13 heavy (non-hydrogen) atoms. The van der Waals surface area contributed by atoms with E-state index in [1.165, 1.54) is 0 Å². The normalized spacial score (nSPS) is 10.8. The van der Waals surface area contributed by atoms with Gasteiger partial charge in [0.25, 0.3) is 0 Å². The summed E-state index contributed by atoms with van der Waals surface area (Å²) in [4.78, 5) is 0. The second kappa shape index (κ2) is 6.38. The van der Waals surface area contributed by atoms with Crippen LogP contribution >= 0.6 is 11.3 Å². The van der Waals surface area contributed by atoms with Gasteiger partial charge in [0.1, 0.15) is 0 Å². The van der Waals surface area contributed by atoms with E-state index < -0.39 is 0 Å². The third kappa shape index (κ3) is 2.88. The van der Waals surface area contributed by atoms with Crippen molar-refractivity contribution in [3.05, 3.63) is 0 Å². The average Bonchev–Trinajstić information content (AvgIpc) is 2.54. The fourth-order valence-electron chi connectivity index (χ4n) is 0.983. The summed E-state index contributed by atoms with van der Waals surface area (Å²) in [7, 11) is 0. The standard InChI is InChI=1S/C8H12SSe4/c1-10-5-6(11-2)8(13-4)9-7(5)12-3/h1-4H3. The van der Waals surface area contributed by atoms with Gasteiger partial charge >= 0.3 is 111 Å². The van der Waals surface area contributed by atoms with Crippen LogP contribution in [0, 0.1) is 0 Å². The molecule has 0 atom stereocenters. The van der Waals surface area contributed by atoms with Gasteiger partial charge in [-0.3, -0.25) is 0 Å². The third-order valence-corrected chi connectivity index (χ3v) is 13.5. The van der Waals surface area contributed by atoms with E-state index in [2.05, 4.69) is 34.6 Å². The zero-order chi connectivity index (χ0) is 9.84. The van der Waals surface area contributed by atoms with E-state index in [9.17, 15) is 0 Å². The van der Waals surface area contributed by atoms with Crippen LogP contribution in [0.25, 0.3) is 0 Å².